The van der Waals surface area contributed by atoms with Crippen molar-refractivity contribution in [1.29, 1.82) is 0 Å². The van der Waals surface area contributed by atoms with Crippen LogP contribution in [-0.2, 0) is 19.1 Å². The molecule has 0 aliphatic rings. The van der Waals surface area contributed by atoms with E-state index in [2.05, 4.69) is 5.32 Å². The van der Waals surface area contributed by atoms with E-state index in [0.717, 1.165) is 5.56 Å². The van der Waals surface area contributed by atoms with E-state index in [9.17, 15) is 9.59 Å². The van der Waals surface area contributed by atoms with Gasteiger partial charge in [0.05, 0.1) is 19.1 Å². The van der Waals surface area contributed by atoms with E-state index in [-0.39, 0.29) is 18.4 Å². The second kappa shape index (κ2) is 9.87. The van der Waals surface area contributed by atoms with Gasteiger partial charge in [-0.15, -0.1) is 0 Å². The zero-order chi connectivity index (χ0) is 18.9. The van der Waals surface area contributed by atoms with Gasteiger partial charge in [-0.1, -0.05) is 37.3 Å². The maximum atomic E-state index is 12.0. The van der Waals surface area contributed by atoms with Gasteiger partial charge in [0, 0.05) is 11.8 Å². The smallest absolute Gasteiger partial charge is 0.333 e. The Morgan fingerprint density at radius 3 is 2.32 bits per heavy atom. The normalized spacial score (nSPS) is 13.1. The van der Waals surface area contributed by atoms with E-state index >= 15 is 0 Å². The summed E-state index contributed by atoms with van der Waals surface area (Å²) in [5, 5.41) is 3.29. The third-order valence-electron chi connectivity index (χ3n) is 3.32. The lowest BCUT2D eigenvalue weighted by Gasteiger charge is -2.22. The Hall–Kier alpha value is -2.30. The molecule has 5 nitrogen and oxygen atoms in total. The predicted molar refractivity (Wildman–Crippen MR) is 97.8 cm³/mol. The molecule has 0 aromatic heterocycles. The molecule has 0 amide bonds. The number of esters is 2. The van der Waals surface area contributed by atoms with Crippen molar-refractivity contribution in [2.75, 3.05) is 6.61 Å². The highest BCUT2D eigenvalue weighted by Gasteiger charge is 2.19. The molecule has 138 valence electrons. The Balaban J connectivity index is 2.93. The molecule has 25 heavy (non-hydrogen) atoms. The van der Waals surface area contributed by atoms with Crippen LogP contribution in [-0.4, -0.2) is 24.1 Å². The van der Waals surface area contributed by atoms with Gasteiger partial charge in [-0.2, -0.15) is 0 Å². The standard InChI is InChI=1S/C20H29NO4/c1-6-16(13-19(23)25-20(3,4)5)21-17(14-18(22)24-7-2)15-11-9-8-10-12-15/h8-13,17,21H,6-7,14H2,1-5H3/b16-13-. The van der Waals surface area contributed by atoms with Gasteiger partial charge < -0.3 is 14.8 Å². The molecule has 0 spiro atoms. The van der Waals surface area contributed by atoms with E-state index in [1.54, 1.807) is 6.92 Å². The Labute approximate surface area is 150 Å². The monoisotopic (exact) mass is 347 g/mol. The Kier molecular flexibility index (Phi) is 8.19. The molecular formula is C20H29NO4. The summed E-state index contributed by atoms with van der Waals surface area (Å²) in [6, 6.07) is 9.36. The first kappa shape index (κ1) is 20.7. The molecule has 1 N–H and O–H groups in total. The number of benzene rings is 1. The second-order valence-electron chi connectivity index (χ2n) is 6.67. The zero-order valence-corrected chi connectivity index (χ0v) is 15.8. The van der Waals surface area contributed by atoms with Crippen molar-refractivity contribution in [2.24, 2.45) is 0 Å². The van der Waals surface area contributed by atoms with Gasteiger partial charge in [-0.3, -0.25) is 4.79 Å². The molecule has 1 atom stereocenters. The van der Waals surface area contributed by atoms with Crippen molar-refractivity contribution in [1.82, 2.24) is 5.32 Å². The Morgan fingerprint density at radius 2 is 1.80 bits per heavy atom. The lowest BCUT2D eigenvalue weighted by atomic mass is 10.0. The van der Waals surface area contributed by atoms with Gasteiger partial charge in [0.15, 0.2) is 0 Å². The first-order valence-corrected chi connectivity index (χ1v) is 8.65. The molecule has 0 saturated heterocycles. The van der Waals surface area contributed by atoms with Crippen molar-refractivity contribution >= 4 is 11.9 Å². The van der Waals surface area contributed by atoms with Gasteiger partial charge in [0.2, 0.25) is 0 Å². The third-order valence-corrected chi connectivity index (χ3v) is 3.32. The maximum Gasteiger partial charge on any atom is 0.333 e. The third kappa shape index (κ3) is 8.38. The molecule has 0 fully saturated rings. The van der Waals surface area contributed by atoms with Gasteiger partial charge in [0.1, 0.15) is 5.60 Å². The predicted octanol–water partition coefficient (Wildman–Crippen LogP) is 3.91. The van der Waals surface area contributed by atoms with Gasteiger partial charge in [-0.05, 0) is 39.7 Å². The number of ether oxygens (including phenoxy) is 2. The number of carbonyl (C=O) groups excluding carboxylic acids is 2. The molecule has 1 rings (SSSR count). The van der Waals surface area contributed by atoms with Crippen LogP contribution in [0.5, 0.6) is 0 Å². The van der Waals surface area contributed by atoms with Crippen LogP contribution in [0.25, 0.3) is 0 Å². The summed E-state index contributed by atoms with van der Waals surface area (Å²) < 4.78 is 10.4. The summed E-state index contributed by atoms with van der Waals surface area (Å²) in [7, 11) is 0. The highest BCUT2D eigenvalue weighted by Crippen LogP contribution is 2.20. The zero-order valence-electron chi connectivity index (χ0n) is 15.8. The fourth-order valence-corrected chi connectivity index (χ4v) is 2.27. The van der Waals surface area contributed by atoms with Crippen LogP contribution in [0, 0.1) is 0 Å². The molecule has 0 aliphatic heterocycles. The fraction of sp³-hybridized carbons (Fsp3) is 0.500. The first-order chi connectivity index (χ1) is 11.7. The van der Waals surface area contributed by atoms with E-state index in [4.69, 9.17) is 9.47 Å². The van der Waals surface area contributed by atoms with Gasteiger partial charge in [0.25, 0.3) is 0 Å². The SMILES string of the molecule is CCOC(=O)CC(N/C(=C\C(=O)OC(C)(C)C)CC)c1ccccc1. The van der Waals surface area contributed by atoms with Crippen molar-refractivity contribution in [2.45, 2.75) is 59.1 Å². The number of allylic oxidation sites excluding steroid dienone is 1. The number of hydrogen-bond donors (Lipinski definition) is 1. The average molecular weight is 347 g/mol. The molecule has 0 heterocycles. The van der Waals surface area contributed by atoms with Crippen LogP contribution in [0.15, 0.2) is 42.1 Å². The summed E-state index contributed by atoms with van der Waals surface area (Å²) in [5.41, 5.74) is 1.13. The maximum absolute atomic E-state index is 12.0. The van der Waals surface area contributed by atoms with E-state index in [0.29, 0.717) is 18.7 Å². The Morgan fingerprint density at radius 1 is 1.16 bits per heavy atom. The minimum absolute atomic E-state index is 0.184. The molecule has 0 saturated carbocycles. The highest BCUT2D eigenvalue weighted by atomic mass is 16.6. The number of nitrogens with one attached hydrogen (secondary N) is 1. The van der Waals surface area contributed by atoms with Gasteiger partial charge in [-0.25, -0.2) is 4.79 Å². The molecule has 5 heteroatoms. The molecule has 0 aliphatic carbocycles. The average Bonchev–Trinajstić information content (AvgIpc) is 2.52. The summed E-state index contributed by atoms with van der Waals surface area (Å²) in [4.78, 5) is 24.0. The lowest BCUT2D eigenvalue weighted by Crippen LogP contribution is -2.26. The molecule has 1 unspecified atom stereocenters. The molecule has 0 radical (unpaired) electrons. The highest BCUT2D eigenvalue weighted by molar-refractivity contribution is 5.83. The lowest BCUT2D eigenvalue weighted by molar-refractivity contribution is -0.148. The summed E-state index contributed by atoms with van der Waals surface area (Å²) in [6.07, 6.45) is 2.25. The van der Waals surface area contributed by atoms with Crippen LogP contribution >= 0.6 is 0 Å². The second-order valence-corrected chi connectivity index (χ2v) is 6.67. The summed E-state index contributed by atoms with van der Waals surface area (Å²) >= 11 is 0. The van der Waals surface area contributed by atoms with Gasteiger partial charge >= 0.3 is 11.9 Å². The van der Waals surface area contributed by atoms with Crippen LogP contribution in [0.4, 0.5) is 0 Å². The summed E-state index contributed by atoms with van der Waals surface area (Å²) in [5.74, 6) is -0.684. The fourth-order valence-electron chi connectivity index (χ4n) is 2.27. The molecule has 0 bridgehead atoms. The first-order valence-electron chi connectivity index (χ1n) is 8.65. The molecular weight excluding hydrogens is 318 g/mol. The summed E-state index contributed by atoms with van der Waals surface area (Å²) in [6.45, 7) is 9.54. The Bertz CT molecular complexity index is 587. The number of carbonyl (C=O) groups is 2. The molecule has 1 aromatic carbocycles. The minimum Gasteiger partial charge on any atom is -0.466 e. The van der Waals surface area contributed by atoms with E-state index in [1.807, 2.05) is 58.0 Å². The largest absolute Gasteiger partial charge is 0.466 e. The molecule has 1 aromatic rings. The van der Waals surface area contributed by atoms with Crippen LogP contribution in [0.3, 0.4) is 0 Å². The minimum atomic E-state index is -0.545. The topological polar surface area (TPSA) is 64.6 Å². The van der Waals surface area contributed by atoms with E-state index < -0.39 is 11.6 Å². The van der Waals surface area contributed by atoms with Crippen molar-refractivity contribution in [3.8, 4) is 0 Å². The van der Waals surface area contributed by atoms with Crippen LogP contribution in [0.2, 0.25) is 0 Å². The van der Waals surface area contributed by atoms with Crippen molar-refractivity contribution in [3.63, 3.8) is 0 Å². The number of hydrogen-bond acceptors (Lipinski definition) is 5. The van der Waals surface area contributed by atoms with Crippen LogP contribution in [0.1, 0.15) is 59.1 Å². The van der Waals surface area contributed by atoms with E-state index in [1.165, 1.54) is 6.08 Å². The van der Waals surface area contributed by atoms with Crippen molar-refractivity contribution in [3.05, 3.63) is 47.7 Å². The van der Waals surface area contributed by atoms with Crippen molar-refractivity contribution < 1.29 is 19.1 Å². The number of rotatable bonds is 8. The van der Waals surface area contributed by atoms with Crippen LogP contribution < -0.4 is 5.32 Å². The quantitative estimate of drug-likeness (QED) is 0.570.